The lowest BCUT2D eigenvalue weighted by molar-refractivity contribution is 1.18. The van der Waals surface area contributed by atoms with E-state index in [0.717, 1.165) is 67.3 Å². The number of nitrogens with zero attached hydrogens (tertiary/aromatic N) is 3. The Morgan fingerprint density at radius 1 is 0.377 bits per heavy atom. The minimum absolute atomic E-state index is 0.686. The third kappa shape index (κ3) is 10.1. The Bertz CT molecular complexity index is 2160. The summed E-state index contributed by atoms with van der Waals surface area (Å²) in [6, 6.07) is 50.9. The van der Waals surface area contributed by atoms with Gasteiger partial charge in [-0.1, -0.05) is 151 Å². The molecule has 0 amide bonds. The number of benzene rings is 5. The van der Waals surface area contributed by atoms with Gasteiger partial charge in [-0.3, -0.25) is 4.98 Å². The number of pyridine rings is 1. The van der Waals surface area contributed by atoms with Crippen LogP contribution in [0.4, 0.5) is 0 Å². The Labute approximate surface area is 318 Å². The Hall–Kier alpha value is -5.93. The third-order valence-electron chi connectivity index (χ3n) is 8.40. The normalized spacial score (nSPS) is 10.3. The molecule has 7 rings (SSSR count). The molecule has 0 fully saturated rings. The van der Waals surface area contributed by atoms with Gasteiger partial charge in [-0.25, -0.2) is 9.97 Å². The summed E-state index contributed by atoms with van der Waals surface area (Å²) >= 11 is 0. The highest BCUT2D eigenvalue weighted by Gasteiger charge is 2.15. The van der Waals surface area contributed by atoms with Crippen LogP contribution in [-0.2, 0) is 0 Å². The van der Waals surface area contributed by atoms with Gasteiger partial charge >= 0.3 is 0 Å². The first-order chi connectivity index (χ1) is 26.0. The zero-order valence-corrected chi connectivity index (χ0v) is 32.9. The van der Waals surface area contributed by atoms with E-state index in [9.17, 15) is 0 Å². The molecule has 0 aliphatic rings. The molecule has 268 valence electrons. The van der Waals surface area contributed by atoms with Gasteiger partial charge in [-0.2, -0.15) is 0 Å². The average Bonchev–Trinajstić information content (AvgIpc) is 3.24. The molecule has 5 aromatic carbocycles. The molecule has 53 heavy (non-hydrogen) atoms. The maximum absolute atomic E-state index is 5.17. The highest BCUT2D eigenvalue weighted by atomic mass is 14.9. The van der Waals surface area contributed by atoms with Crippen LogP contribution in [0.15, 0.2) is 152 Å². The van der Waals surface area contributed by atoms with Gasteiger partial charge < -0.3 is 0 Å². The highest BCUT2D eigenvalue weighted by molar-refractivity contribution is 5.83. The molecular formula is C50H53N3. The second-order valence-corrected chi connectivity index (χ2v) is 11.8. The molecule has 0 saturated carbocycles. The van der Waals surface area contributed by atoms with Crippen molar-refractivity contribution < 1.29 is 0 Å². The van der Waals surface area contributed by atoms with Crippen molar-refractivity contribution >= 4 is 6.08 Å². The first kappa shape index (κ1) is 39.8. The third-order valence-corrected chi connectivity index (χ3v) is 8.40. The summed E-state index contributed by atoms with van der Waals surface area (Å²) in [5, 5.41) is 0. The van der Waals surface area contributed by atoms with Gasteiger partial charge in [0.2, 0.25) is 0 Å². The molecule has 0 radical (unpaired) electrons. The van der Waals surface area contributed by atoms with E-state index in [1.807, 2.05) is 90.9 Å². The van der Waals surface area contributed by atoms with Gasteiger partial charge in [-0.15, -0.1) is 0 Å². The standard InChI is InChI=1S/C44H35N3.3C2H6/c1-4-13-34-24-36(23-22-30(34)2)39-26-38(35-19-12-20-37(25-35)41-21-11-14-31(3)45-41)27-40(28-39)44-46-42(32-15-7-5-8-16-32)29-43(47-44)33-17-9-6-10-18-33;3*1-2/h4-29H,1-3H3;3*1-2H3/b13-4-;;;. The first-order valence-electron chi connectivity index (χ1n) is 19.0. The maximum Gasteiger partial charge on any atom is 0.160 e. The fourth-order valence-corrected chi connectivity index (χ4v) is 5.92. The van der Waals surface area contributed by atoms with Crippen LogP contribution < -0.4 is 0 Å². The number of hydrogen-bond donors (Lipinski definition) is 0. The minimum atomic E-state index is 0.686. The van der Waals surface area contributed by atoms with E-state index in [0.29, 0.717) is 5.82 Å². The van der Waals surface area contributed by atoms with Gasteiger partial charge in [0.25, 0.3) is 0 Å². The summed E-state index contributed by atoms with van der Waals surface area (Å²) in [5.41, 5.74) is 14.8. The van der Waals surface area contributed by atoms with Gasteiger partial charge in [-0.05, 0) is 103 Å². The van der Waals surface area contributed by atoms with Crippen LogP contribution in [0.1, 0.15) is 65.3 Å². The molecule has 0 bridgehead atoms. The van der Waals surface area contributed by atoms with E-state index in [2.05, 4.69) is 129 Å². The Morgan fingerprint density at radius 3 is 1.43 bits per heavy atom. The van der Waals surface area contributed by atoms with Crippen LogP contribution in [0, 0.1) is 13.8 Å². The molecule has 0 atom stereocenters. The molecule has 3 heteroatoms. The molecule has 2 aromatic heterocycles. The van der Waals surface area contributed by atoms with Crippen molar-refractivity contribution in [3.8, 4) is 67.4 Å². The van der Waals surface area contributed by atoms with E-state index in [-0.39, 0.29) is 0 Å². The summed E-state index contributed by atoms with van der Waals surface area (Å²) in [5.74, 6) is 0.686. The number of aromatic nitrogens is 3. The second kappa shape index (κ2) is 20.2. The summed E-state index contributed by atoms with van der Waals surface area (Å²) in [7, 11) is 0. The summed E-state index contributed by atoms with van der Waals surface area (Å²) in [6.07, 6.45) is 4.26. The quantitative estimate of drug-likeness (QED) is 0.167. The zero-order valence-electron chi connectivity index (χ0n) is 32.9. The van der Waals surface area contributed by atoms with Crippen molar-refractivity contribution in [3.63, 3.8) is 0 Å². The SMILES string of the molecule is C/C=C\c1cc(-c2cc(-c3cccc(-c4cccc(C)n4)c3)cc(-c3nc(-c4ccccc4)cc(-c4ccccc4)n3)c2)ccc1C.CC.CC.CC. The number of aryl methyl sites for hydroxylation is 2. The summed E-state index contributed by atoms with van der Waals surface area (Å²) < 4.78 is 0. The monoisotopic (exact) mass is 695 g/mol. The van der Waals surface area contributed by atoms with Gasteiger partial charge in [0.15, 0.2) is 5.82 Å². The molecule has 7 aromatic rings. The lowest BCUT2D eigenvalue weighted by Gasteiger charge is -2.14. The van der Waals surface area contributed by atoms with Crippen molar-refractivity contribution in [1.29, 1.82) is 0 Å². The van der Waals surface area contributed by atoms with Gasteiger partial charge in [0, 0.05) is 27.9 Å². The molecule has 0 spiro atoms. The summed E-state index contributed by atoms with van der Waals surface area (Å²) in [6.45, 7) is 18.2. The van der Waals surface area contributed by atoms with Crippen molar-refractivity contribution in [3.05, 3.63) is 168 Å². The van der Waals surface area contributed by atoms with Crippen LogP contribution >= 0.6 is 0 Å². The smallest absolute Gasteiger partial charge is 0.160 e. The molecule has 2 heterocycles. The molecule has 3 nitrogen and oxygen atoms in total. The topological polar surface area (TPSA) is 38.7 Å². The fraction of sp³-hybridized carbons (Fsp3) is 0.180. The van der Waals surface area contributed by atoms with Crippen molar-refractivity contribution in [2.75, 3.05) is 0 Å². The maximum atomic E-state index is 5.17. The van der Waals surface area contributed by atoms with Crippen LogP contribution in [-0.4, -0.2) is 15.0 Å². The zero-order chi connectivity index (χ0) is 38.2. The Balaban J connectivity index is 0.000000996. The Kier molecular flexibility index (Phi) is 15.2. The molecule has 0 N–H and O–H groups in total. The average molecular weight is 696 g/mol. The van der Waals surface area contributed by atoms with Crippen molar-refractivity contribution in [1.82, 2.24) is 15.0 Å². The number of allylic oxidation sites excluding steroid dienone is 1. The van der Waals surface area contributed by atoms with Crippen molar-refractivity contribution in [2.24, 2.45) is 0 Å². The van der Waals surface area contributed by atoms with Crippen LogP contribution in [0.5, 0.6) is 0 Å². The fourth-order valence-electron chi connectivity index (χ4n) is 5.92. The van der Waals surface area contributed by atoms with Gasteiger partial charge in [0.1, 0.15) is 0 Å². The lowest BCUT2D eigenvalue weighted by atomic mass is 9.93. The summed E-state index contributed by atoms with van der Waals surface area (Å²) in [4.78, 5) is 15.1. The molecule has 0 aliphatic heterocycles. The van der Waals surface area contributed by atoms with E-state index in [1.54, 1.807) is 0 Å². The number of hydrogen-bond acceptors (Lipinski definition) is 3. The second-order valence-electron chi connectivity index (χ2n) is 11.8. The highest BCUT2D eigenvalue weighted by Crippen LogP contribution is 2.36. The van der Waals surface area contributed by atoms with E-state index < -0.39 is 0 Å². The minimum Gasteiger partial charge on any atom is -0.253 e. The molecular weight excluding hydrogens is 643 g/mol. The van der Waals surface area contributed by atoms with Crippen LogP contribution in [0.3, 0.4) is 0 Å². The van der Waals surface area contributed by atoms with Gasteiger partial charge in [0.05, 0.1) is 17.1 Å². The molecule has 0 unspecified atom stereocenters. The van der Waals surface area contributed by atoms with E-state index in [4.69, 9.17) is 15.0 Å². The largest absolute Gasteiger partial charge is 0.253 e. The van der Waals surface area contributed by atoms with E-state index >= 15 is 0 Å². The Morgan fingerprint density at radius 2 is 0.868 bits per heavy atom. The van der Waals surface area contributed by atoms with Crippen LogP contribution in [0.2, 0.25) is 0 Å². The molecule has 0 saturated heterocycles. The first-order valence-corrected chi connectivity index (χ1v) is 19.0. The lowest BCUT2D eigenvalue weighted by Crippen LogP contribution is -1.97. The number of rotatable bonds is 7. The van der Waals surface area contributed by atoms with E-state index in [1.165, 1.54) is 11.1 Å². The molecule has 0 aliphatic carbocycles. The predicted octanol–water partition coefficient (Wildman–Crippen LogP) is 14.6. The predicted molar refractivity (Wildman–Crippen MR) is 231 cm³/mol. The van der Waals surface area contributed by atoms with Crippen LogP contribution in [0.25, 0.3) is 73.5 Å². The van der Waals surface area contributed by atoms with Crippen molar-refractivity contribution in [2.45, 2.75) is 62.3 Å².